The third kappa shape index (κ3) is 4.70. The van der Waals surface area contributed by atoms with Gasteiger partial charge in [0.15, 0.2) is 0 Å². The first-order chi connectivity index (χ1) is 10.1. The summed E-state index contributed by atoms with van der Waals surface area (Å²) in [6.45, 7) is 7.65. The van der Waals surface area contributed by atoms with Crippen LogP contribution in [-0.4, -0.2) is 22.4 Å². The molecule has 0 bridgehead atoms. The molecule has 1 aliphatic carbocycles. The Morgan fingerprint density at radius 1 is 1.38 bits per heavy atom. The minimum Gasteiger partial charge on any atom is -0.311 e. The molecule has 1 heterocycles. The van der Waals surface area contributed by atoms with E-state index in [0.717, 1.165) is 18.9 Å². The molecule has 1 saturated carbocycles. The maximum Gasteiger partial charge on any atom is 0.0694 e. The summed E-state index contributed by atoms with van der Waals surface area (Å²) < 4.78 is 1.94. The Hall–Kier alpha value is -1.09. The van der Waals surface area contributed by atoms with Crippen LogP contribution in [0.25, 0.3) is 6.08 Å². The Morgan fingerprint density at radius 3 is 2.71 bits per heavy atom. The molecule has 0 amide bonds. The van der Waals surface area contributed by atoms with Crippen molar-refractivity contribution < 1.29 is 0 Å². The summed E-state index contributed by atoms with van der Waals surface area (Å²) >= 11 is 0. The van der Waals surface area contributed by atoms with Crippen LogP contribution in [0.1, 0.15) is 64.1 Å². The van der Waals surface area contributed by atoms with E-state index in [4.69, 9.17) is 0 Å². The Labute approximate surface area is 129 Å². The van der Waals surface area contributed by atoms with E-state index in [2.05, 4.69) is 43.5 Å². The average Bonchev–Trinajstić information content (AvgIpc) is 2.84. The van der Waals surface area contributed by atoms with E-state index >= 15 is 0 Å². The highest BCUT2D eigenvalue weighted by atomic mass is 15.2. The second-order valence-corrected chi connectivity index (χ2v) is 6.65. The first-order valence-electron chi connectivity index (χ1n) is 8.56. The topological polar surface area (TPSA) is 29.9 Å². The second kappa shape index (κ2) is 7.79. The predicted octanol–water partition coefficient (Wildman–Crippen LogP) is 3.94. The molecule has 21 heavy (non-hydrogen) atoms. The van der Waals surface area contributed by atoms with Crippen molar-refractivity contribution in [2.24, 2.45) is 13.0 Å². The van der Waals surface area contributed by atoms with E-state index in [0.29, 0.717) is 6.04 Å². The minimum atomic E-state index is 0.538. The first-order valence-corrected chi connectivity index (χ1v) is 8.56. The quantitative estimate of drug-likeness (QED) is 0.859. The lowest BCUT2D eigenvalue weighted by Crippen LogP contribution is -2.27. The molecule has 3 heteroatoms. The Morgan fingerprint density at radius 2 is 2.10 bits per heavy atom. The molecule has 1 aromatic heterocycles. The second-order valence-electron chi connectivity index (χ2n) is 6.65. The van der Waals surface area contributed by atoms with Crippen LogP contribution in [0.5, 0.6) is 0 Å². The van der Waals surface area contributed by atoms with Crippen molar-refractivity contribution in [2.45, 2.75) is 65.3 Å². The SMILES string of the molecule is CCc1nn(C)cc1/C=C(/CNC(C)C)C1CCCCC1. The lowest BCUT2D eigenvalue weighted by Gasteiger charge is -2.25. The van der Waals surface area contributed by atoms with Gasteiger partial charge < -0.3 is 5.32 Å². The molecular weight excluding hydrogens is 258 g/mol. The van der Waals surface area contributed by atoms with Gasteiger partial charge in [0, 0.05) is 31.4 Å². The number of hydrogen-bond acceptors (Lipinski definition) is 2. The molecule has 118 valence electrons. The third-order valence-corrected chi connectivity index (χ3v) is 4.46. The van der Waals surface area contributed by atoms with Gasteiger partial charge in [-0.1, -0.05) is 51.7 Å². The highest BCUT2D eigenvalue weighted by molar-refractivity contribution is 5.55. The molecule has 1 fully saturated rings. The molecule has 0 aliphatic heterocycles. The maximum atomic E-state index is 4.57. The van der Waals surface area contributed by atoms with Crippen molar-refractivity contribution in [2.75, 3.05) is 6.54 Å². The highest BCUT2D eigenvalue weighted by Crippen LogP contribution is 2.31. The zero-order chi connectivity index (χ0) is 15.2. The van der Waals surface area contributed by atoms with E-state index in [-0.39, 0.29) is 0 Å². The highest BCUT2D eigenvalue weighted by Gasteiger charge is 2.18. The van der Waals surface area contributed by atoms with Crippen LogP contribution in [0, 0.1) is 5.92 Å². The van der Waals surface area contributed by atoms with E-state index in [1.165, 1.54) is 43.4 Å². The fourth-order valence-corrected chi connectivity index (χ4v) is 3.26. The molecule has 3 nitrogen and oxygen atoms in total. The van der Waals surface area contributed by atoms with Crippen molar-refractivity contribution in [1.82, 2.24) is 15.1 Å². The van der Waals surface area contributed by atoms with Gasteiger partial charge in [0.1, 0.15) is 0 Å². The molecule has 0 spiro atoms. The zero-order valence-corrected chi connectivity index (χ0v) is 14.2. The summed E-state index contributed by atoms with van der Waals surface area (Å²) in [5.41, 5.74) is 4.10. The summed E-state index contributed by atoms with van der Waals surface area (Å²) in [6, 6.07) is 0.538. The van der Waals surface area contributed by atoms with Crippen LogP contribution < -0.4 is 5.32 Å². The lowest BCUT2D eigenvalue weighted by atomic mass is 9.83. The van der Waals surface area contributed by atoms with Crippen LogP contribution >= 0.6 is 0 Å². The van der Waals surface area contributed by atoms with Crippen molar-refractivity contribution in [3.05, 3.63) is 23.0 Å². The summed E-state index contributed by atoms with van der Waals surface area (Å²) in [5, 5.41) is 8.19. The van der Waals surface area contributed by atoms with Gasteiger partial charge in [0.05, 0.1) is 5.69 Å². The van der Waals surface area contributed by atoms with Gasteiger partial charge in [-0.2, -0.15) is 5.10 Å². The third-order valence-electron chi connectivity index (χ3n) is 4.46. The van der Waals surface area contributed by atoms with E-state index < -0.39 is 0 Å². The standard InChI is InChI=1S/C18H31N3/c1-5-18-17(13-21(4)20-18)11-16(12-19-14(2)3)15-9-7-6-8-10-15/h11,13-15,19H,5-10,12H2,1-4H3/b16-11-. The molecular formula is C18H31N3. The van der Waals surface area contributed by atoms with Gasteiger partial charge in [-0.3, -0.25) is 4.68 Å². The molecule has 2 rings (SSSR count). The Bertz CT molecular complexity index is 465. The number of aryl methyl sites for hydroxylation is 2. The van der Waals surface area contributed by atoms with Gasteiger partial charge in [0.2, 0.25) is 0 Å². The molecule has 0 aromatic carbocycles. The van der Waals surface area contributed by atoms with Crippen LogP contribution in [0.15, 0.2) is 11.8 Å². The first kappa shape index (κ1) is 16.3. The summed E-state index contributed by atoms with van der Waals surface area (Å²) in [6.07, 6.45) is 12.5. The van der Waals surface area contributed by atoms with E-state index in [1.807, 2.05) is 11.7 Å². The fourth-order valence-electron chi connectivity index (χ4n) is 3.26. The minimum absolute atomic E-state index is 0.538. The van der Waals surface area contributed by atoms with Gasteiger partial charge in [-0.15, -0.1) is 0 Å². The predicted molar refractivity (Wildman–Crippen MR) is 90.3 cm³/mol. The van der Waals surface area contributed by atoms with E-state index in [9.17, 15) is 0 Å². The maximum absolute atomic E-state index is 4.57. The monoisotopic (exact) mass is 289 g/mol. The van der Waals surface area contributed by atoms with Gasteiger partial charge in [0.25, 0.3) is 0 Å². The van der Waals surface area contributed by atoms with Crippen LogP contribution in [0.4, 0.5) is 0 Å². The molecule has 0 saturated heterocycles. The van der Waals surface area contributed by atoms with Crippen LogP contribution in [-0.2, 0) is 13.5 Å². The van der Waals surface area contributed by atoms with Crippen molar-refractivity contribution in [1.29, 1.82) is 0 Å². The average molecular weight is 289 g/mol. The van der Waals surface area contributed by atoms with Crippen LogP contribution in [0.3, 0.4) is 0 Å². The molecule has 1 aliphatic rings. The smallest absolute Gasteiger partial charge is 0.0694 e. The molecule has 0 unspecified atom stereocenters. The van der Waals surface area contributed by atoms with Gasteiger partial charge in [-0.25, -0.2) is 0 Å². The zero-order valence-electron chi connectivity index (χ0n) is 14.2. The molecule has 1 N–H and O–H groups in total. The van der Waals surface area contributed by atoms with Crippen molar-refractivity contribution >= 4 is 6.08 Å². The normalized spacial score (nSPS) is 17.7. The largest absolute Gasteiger partial charge is 0.311 e. The molecule has 0 radical (unpaired) electrons. The van der Waals surface area contributed by atoms with Crippen molar-refractivity contribution in [3.8, 4) is 0 Å². The molecule has 0 atom stereocenters. The van der Waals surface area contributed by atoms with Crippen molar-refractivity contribution in [3.63, 3.8) is 0 Å². The summed E-state index contributed by atoms with van der Waals surface area (Å²) in [5.74, 6) is 0.759. The van der Waals surface area contributed by atoms with E-state index in [1.54, 1.807) is 5.57 Å². The Balaban J connectivity index is 2.21. The number of nitrogens with zero attached hydrogens (tertiary/aromatic N) is 2. The van der Waals surface area contributed by atoms with Gasteiger partial charge in [-0.05, 0) is 25.2 Å². The Kier molecular flexibility index (Phi) is 6.04. The number of hydrogen-bond donors (Lipinski definition) is 1. The van der Waals surface area contributed by atoms with Gasteiger partial charge >= 0.3 is 0 Å². The summed E-state index contributed by atoms with van der Waals surface area (Å²) in [7, 11) is 2.02. The number of aromatic nitrogens is 2. The fraction of sp³-hybridized carbons (Fsp3) is 0.722. The number of rotatable bonds is 6. The molecule has 1 aromatic rings. The summed E-state index contributed by atoms with van der Waals surface area (Å²) in [4.78, 5) is 0. The number of nitrogens with one attached hydrogen (secondary N) is 1. The lowest BCUT2D eigenvalue weighted by molar-refractivity contribution is 0.394. The van der Waals surface area contributed by atoms with Crippen LogP contribution in [0.2, 0.25) is 0 Å².